The Morgan fingerprint density at radius 1 is 1.09 bits per heavy atom. The number of hydrogen-bond donors (Lipinski definition) is 4. The van der Waals surface area contributed by atoms with Gasteiger partial charge in [-0.1, -0.05) is 18.4 Å². The molecule has 1 heterocycles. The van der Waals surface area contributed by atoms with Gasteiger partial charge in [0, 0.05) is 11.8 Å². The lowest BCUT2D eigenvalue weighted by molar-refractivity contribution is -0.324. The molecule has 11 atom stereocenters. The number of aliphatic hydroxyl groups excluding tert-OH is 3. The summed E-state index contributed by atoms with van der Waals surface area (Å²) < 4.78 is 11.7. The third kappa shape index (κ3) is 3.40. The Hall–Kier alpha value is -1.76. The number of carboxylic acids is 1. The van der Waals surface area contributed by atoms with Crippen LogP contribution in [-0.2, 0) is 19.1 Å². The molecule has 0 spiro atoms. The Kier molecular flexibility index (Phi) is 5.93. The van der Waals surface area contributed by atoms with Gasteiger partial charge in [0.25, 0.3) is 0 Å². The second kappa shape index (κ2) is 8.42. The van der Waals surface area contributed by atoms with Crippen molar-refractivity contribution in [1.29, 1.82) is 0 Å². The van der Waals surface area contributed by atoms with Gasteiger partial charge in [0.1, 0.15) is 23.9 Å². The fourth-order valence-corrected chi connectivity index (χ4v) is 7.99. The van der Waals surface area contributed by atoms with E-state index in [1.165, 1.54) is 5.57 Å². The average molecular weight is 475 g/mol. The first-order valence-electron chi connectivity index (χ1n) is 12.4. The van der Waals surface area contributed by atoms with E-state index in [1.54, 1.807) is 0 Å². The van der Waals surface area contributed by atoms with E-state index >= 15 is 0 Å². The van der Waals surface area contributed by atoms with Crippen LogP contribution in [0.5, 0.6) is 0 Å². The molecule has 1 saturated heterocycles. The van der Waals surface area contributed by atoms with Gasteiger partial charge in [-0.05, 0) is 74.7 Å². The molecule has 0 aromatic heterocycles. The number of carbonyl (C=O) groups is 2. The third-order valence-electron chi connectivity index (χ3n) is 9.78. The van der Waals surface area contributed by atoms with Crippen molar-refractivity contribution in [1.82, 2.24) is 0 Å². The lowest BCUT2D eigenvalue weighted by Gasteiger charge is -2.56. The van der Waals surface area contributed by atoms with Crippen LogP contribution in [0, 0.1) is 41.4 Å². The minimum atomic E-state index is -1.77. The van der Waals surface area contributed by atoms with Gasteiger partial charge in [-0.25, -0.2) is 4.79 Å². The molecular weight excluding hydrogens is 440 g/mol. The van der Waals surface area contributed by atoms with E-state index < -0.39 is 47.7 Å². The maximum Gasteiger partial charge on any atom is 0.335 e. The van der Waals surface area contributed by atoms with Crippen molar-refractivity contribution in [2.45, 2.75) is 94.6 Å². The number of allylic oxidation sites excluding steroid dienone is 1. The summed E-state index contributed by atoms with van der Waals surface area (Å²) in [6.45, 7) is 2.13. The zero-order valence-corrected chi connectivity index (χ0v) is 19.4. The minimum absolute atomic E-state index is 0.240. The Morgan fingerprint density at radius 2 is 1.85 bits per heavy atom. The molecule has 0 bridgehead atoms. The molecule has 8 nitrogen and oxygen atoms in total. The first kappa shape index (κ1) is 24.0. The molecule has 1 aliphatic heterocycles. The molecule has 4 N–H and O–H groups in total. The fourth-order valence-electron chi connectivity index (χ4n) is 7.99. The molecule has 186 valence electrons. The fraction of sp³-hybridized carbons (Fsp3) is 0.769. The molecule has 0 amide bonds. The molecule has 4 aliphatic carbocycles. The Bertz CT molecular complexity index is 938. The van der Waals surface area contributed by atoms with E-state index in [1.807, 2.05) is 6.08 Å². The quantitative estimate of drug-likeness (QED) is 0.451. The largest absolute Gasteiger partial charge is 0.479 e. The smallest absolute Gasteiger partial charge is 0.335 e. The van der Waals surface area contributed by atoms with E-state index in [4.69, 9.17) is 15.9 Å². The van der Waals surface area contributed by atoms with Crippen molar-refractivity contribution >= 4 is 11.8 Å². The van der Waals surface area contributed by atoms with Gasteiger partial charge in [-0.15, -0.1) is 6.42 Å². The second-order valence-electron chi connectivity index (χ2n) is 11.1. The average Bonchev–Trinajstić information content (AvgIpc) is 3.11. The molecule has 0 aromatic rings. The Labute approximate surface area is 199 Å². The van der Waals surface area contributed by atoms with Gasteiger partial charge in [0.15, 0.2) is 18.2 Å². The molecule has 8 heteroatoms. The van der Waals surface area contributed by atoms with Crippen molar-refractivity contribution in [3.63, 3.8) is 0 Å². The molecule has 5 rings (SSSR count). The highest BCUT2D eigenvalue weighted by molar-refractivity contribution is 5.91. The van der Waals surface area contributed by atoms with E-state index in [9.17, 15) is 30.0 Å². The highest BCUT2D eigenvalue weighted by Crippen LogP contribution is 2.66. The van der Waals surface area contributed by atoms with Crippen LogP contribution in [0.15, 0.2) is 11.6 Å². The van der Waals surface area contributed by atoms with Gasteiger partial charge >= 0.3 is 5.97 Å². The number of rotatable bonds is 3. The topological polar surface area (TPSA) is 134 Å². The van der Waals surface area contributed by atoms with Gasteiger partial charge in [0.2, 0.25) is 0 Å². The van der Waals surface area contributed by atoms with Crippen LogP contribution in [0.2, 0.25) is 0 Å². The normalized spacial score (nSPS) is 50.4. The number of carboxylic acid groups (broad SMARTS) is 1. The molecule has 4 fully saturated rings. The van der Waals surface area contributed by atoms with Gasteiger partial charge in [0.05, 0.1) is 0 Å². The van der Waals surface area contributed by atoms with E-state index in [2.05, 4.69) is 12.8 Å². The monoisotopic (exact) mass is 474 g/mol. The molecule has 5 aliphatic rings. The molecule has 3 saturated carbocycles. The second-order valence-corrected chi connectivity index (χ2v) is 11.1. The SMILES string of the molecule is C#C[C@]1(O[C@H]2O[C@@H](C(=O)O)[C@H](O)[C@@H](O)[C@H]2O)CC[C@H]2[C@@H]3CCC4=CC(=O)CC[C@H]4[C@H]3CC[C@@]21C. The minimum Gasteiger partial charge on any atom is -0.479 e. The molecular formula is C26H34O8. The number of ether oxygens (including phenoxy) is 2. The van der Waals surface area contributed by atoms with Crippen LogP contribution in [-0.4, -0.2) is 68.5 Å². The predicted octanol–water partition coefficient (Wildman–Crippen LogP) is 1.41. The number of aliphatic hydroxyl groups is 3. The number of hydrogen-bond acceptors (Lipinski definition) is 7. The van der Waals surface area contributed by atoms with Crippen LogP contribution in [0.4, 0.5) is 0 Å². The standard InChI is InChI=1S/C26H34O8/c1-3-26(34-24-21(30)19(28)20(29)22(33-24)23(31)32)11-9-18-17-6-4-13-12-14(27)5-7-15(13)16(17)8-10-25(18,26)2/h1,12,15-22,24,28-30H,4-11H2,2H3,(H,31,32)/t15-,16-,17-,18+,19-,20-,21-,22-,24-,25+,26+/m1/s1. The highest BCUT2D eigenvalue weighted by atomic mass is 16.7. The summed E-state index contributed by atoms with van der Waals surface area (Å²) in [6, 6.07) is 0. The summed E-state index contributed by atoms with van der Waals surface area (Å²) in [4.78, 5) is 23.5. The van der Waals surface area contributed by atoms with E-state index in [-0.39, 0.29) is 5.78 Å². The molecule has 0 unspecified atom stereocenters. The Balaban J connectivity index is 1.40. The number of carbonyl (C=O) groups excluding carboxylic acids is 1. The summed E-state index contributed by atoms with van der Waals surface area (Å²) in [7, 11) is 0. The molecule has 0 radical (unpaired) electrons. The summed E-state index contributed by atoms with van der Waals surface area (Å²) in [6.07, 6.45) is 6.30. The van der Waals surface area contributed by atoms with Crippen LogP contribution >= 0.6 is 0 Å². The first-order valence-corrected chi connectivity index (χ1v) is 12.4. The maximum absolute atomic E-state index is 11.9. The number of fused-ring (bicyclic) bond motifs is 5. The predicted molar refractivity (Wildman–Crippen MR) is 119 cm³/mol. The van der Waals surface area contributed by atoms with Gasteiger partial charge in [-0.3, -0.25) is 4.79 Å². The summed E-state index contributed by atoms with van der Waals surface area (Å²) in [5, 5.41) is 40.2. The van der Waals surface area contributed by atoms with Crippen LogP contribution in [0.1, 0.15) is 58.3 Å². The highest BCUT2D eigenvalue weighted by Gasteiger charge is 2.64. The van der Waals surface area contributed by atoms with Crippen molar-refractivity contribution < 1.29 is 39.5 Å². The molecule has 0 aromatic carbocycles. The van der Waals surface area contributed by atoms with Gasteiger partial charge < -0.3 is 29.9 Å². The first-order chi connectivity index (χ1) is 16.1. The Morgan fingerprint density at radius 3 is 2.56 bits per heavy atom. The third-order valence-corrected chi connectivity index (χ3v) is 9.78. The lowest BCUT2D eigenvalue weighted by Crippen LogP contribution is -2.63. The van der Waals surface area contributed by atoms with Gasteiger partial charge in [-0.2, -0.15) is 0 Å². The van der Waals surface area contributed by atoms with Crippen molar-refractivity contribution in [2.24, 2.45) is 29.1 Å². The summed E-state index contributed by atoms with van der Waals surface area (Å²) >= 11 is 0. The zero-order chi connectivity index (χ0) is 24.4. The number of aliphatic carboxylic acids is 1. The zero-order valence-electron chi connectivity index (χ0n) is 19.4. The van der Waals surface area contributed by atoms with E-state index in [0.717, 1.165) is 38.5 Å². The van der Waals surface area contributed by atoms with Crippen LogP contribution in [0.3, 0.4) is 0 Å². The van der Waals surface area contributed by atoms with Crippen molar-refractivity contribution in [3.05, 3.63) is 11.6 Å². The van der Waals surface area contributed by atoms with Crippen molar-refractivity contribution in [2.75, 3.05) is 0 Å². The summed E-state index contributed by atoms with van der Waals surface area (Å²) in [5.74, 6) is 3.38. The number of terminal acetylenes is 1. The summed E-state index contributed by atoms with van der Waals surface area (Å²) in [5.41, 5.74) is -0.181. The number of ketones is 1. The van der Waals surface area contributed by atoms with Crippen molar-refractivity contribution in [3.8, 4) is 12.3 Å². The maximum atomic E-state index is 11.9. The van der Waals surface area contributed by atoms with Crippen LogP contribution < -0.4 is 0 Å². The molecule has 34 heavy (non-hydrogen) atoms. The lowest BCUT2D eigenvalue weighted by atomic mass is 9.50. The van der Waals surface area contributed by atoms with E-state index in [0.29, 0.717) is 36.5 Å². The van der Waals surface area contributed by atoms with Crippen LogP contribution in [0.25, 0.3) is 0 Å².